The molecule has 0 saturated carbocycles. The summed E-state index contributed by atoms with van der Waals surface area (Å²) < 4.78 is 16.0. The number of hydrogen-bond donors (Lipinski definition) is 0. The molecule has 2 aromatic rings. The lowest BCUT2D eigenvalue weighted by molar-refractivity contribution is -0.118. The Bertz CT molecular complexity index is 755. The molecule has 2 aromatic carbocycles. The number of hydrogen-bond acceptors (Lipinski definition) is 4. The first-order valence-electron chi connectivity index (χ1n) is 8.34. The second kappa shape index (κ2) is 7.47. The van der Waals surface area contributed by atoms with Crippen LogP contribution in [0.1, 0.15) is 17.5 Å². The van der Waals surface area contributed by atoms with Gasteiger partial charge in [0.25, 0.3) is 0 Å². The maximum atomic E-state index is 12.9. The van der Waals surface area contributed by atoms with E-state index in [0.717, 1.165) is 41.2 Å². The monoisotopic (exact) mass is 341 g/mol. The van der Waals surface area contributed by atoms with Gasteiger partial charge in [0.05, 0.1) is 33.4 Å². The Morgan fingerprint density at radius 1 is 1.00 bits per heavy atom. The molecule has 132 valence electrons. The molecule has 1 amide bonds. The van der Waals surface area contributed by atoms with Crippen molar-refractivity contribution in [2.24, 2.45) is 0 Å². The number of carbonyl (C=O) groups is 1. The number of rotatable bonds is 5. The van der Waals surface area contributed by atoms with Crippen LogP contribution in [0.5, 0.6) is 17.2 Å². The van der Waals surface area contributed by atoms with E-state index in [1.807, 2.05) is 41.3 Å². The van der Waals surface area contributed by atoms with Gasteiger partial charge in [0.15, 0.2) is 0 Å². The highest BCUT2D eigenvalue weighted by Crippen LogP contribution is 2.38. The fourth-order valence-electron chi connectivity index (χ4n) is 3.21. The van der Waals surface area contributed by atoms with Crippen molar-refractivity contribution in [1.82, 2.24) is 0 Å². The highest BCUT2D eigenvalue weighted by Gasteiger charge is 2.26. The molecule has 0 atom stereocenters. The van der Waals surface area contributed by atoms with Gasteiger partial charge >= 0.3 is 0 Å². The van der Waals surface area contributed by atoms with E-state index in [2.05, 4.69) is 0 Å². The van der Waals surface area contributed by atoms with Crippen LogP contribution >= 0.6 is 0 Å². The molecule has 0 radical (unpaired) electrons. The topological polar surface area (TPSA) is 48.0 Å². The molecule has 1 aliphatic rings. The van der Waals surface area contributed by atoms with E-state index >= 15 is 0 Å². The van der Waals surface area contributed by atoms with Crippen LogP contribution in [0.15, 0.2) is 36.4 Å². The molecule has 0 spiro atoms. The van der Waals surface area contributed by atoms with Crippen molar-refractivity contribution in [3.05, 3.63) is 47.5 Å². The highest BCUT2D eigenvalue weighted by molar-refractivity contribution is 5.96. The summed E-state index contributed by atoms with van der Waals surface area (Å²) in [5, 5.41) is 0. The largest absolute Gasteiger partial charge is 0.497 e. The summed E-state index contributed by atoms with van der Waals surface area (Å²) in [6, 6.07) is 11.4. The van der Waals surface area contributed by atoms with E-state index in [1.165, 1.54) is 0 Å². The summed E-state index contributed by atoms with van der Waals surface area (Å²) in [5.74, 6) is 2.33. The Morgan fingerprint density at radius 3 is 2.36 bits per heavy atom. The minimum Gasteiger partial charge on any atom is -0.497 e. The Balaban J connectivity index is 1.87. The van der Waals surface area contributed by atoms with Crippen LogP contribution < -0.4 is 19.1 Å². The molecule has 0 N–H and O–H groups in total. The van der Waals surface area contributed by atoms with Gasteiger partial charge in [-0.05, 0) is 30.5 Å². The summed E-state index contributed by atoms with van der Waals surface area (Å²) in [4.78, 5) is 14.7. The van der Waals surface area contributed by atoms with Gasteiger partial charge in [0.1, 0.15) is 17.2 Å². The lowest BCUT2D eigenvalue weighted by Gasteiger charge is -2.31. The first-order valence-corrected chi connectivity index (χ1v) is 8.34. The number of anilines is 1. The average molecular weight is 341 g/mol. The minimum atomic E-state index is 0.0708. The van der Waals surface area contributed by atoms with Crippen molar-refractivity contribution < 1.29 is 19.0 Å². The maximum absolute atomic E-state index is 12.9. The van der Waals surface area contributed by atoms with Crippen molar-refractivity contribution in [3.8, 4) is 17.2 Å². The molecule has 0 saturated heterocycles. The third-order valence-corrected chi connectivity index (χ3v) is 4.53. The normalized spacial score (nSPS) is 13.2. The molecule has 25 heavy (non-hydrogen) atoms. The molecular formula is C20H23NO4. The number of carbonyl (C=O) groups excluding carboxylic acids is 1. The quantitative estimate of drug-likeness (QED) is 0.838. The van der Waals surface area contributed by atoms with Gasteiger partial charge in [-0.2, -0.15) is 0 Å². The van der Waals surface area contributed by atoms with Crippen LogP contribution in [0.2, 0.25) is 0 Å². The fourth-order valence-corrected chi connectivity index (χ4v) is 3.21. The molecule has 0 aliphatic carbocycles. The van der Waals surface area contributed by atoms with Crippen LogP contribution in [0.3, 0.4) is 0 Å². The summed E-state index contributed by atoms with van der Waals surface area (Å²) in [6.45, 7) is 0.707. The van der Waals surface area contributed by atoms with Crippen molar-refractivity contribution in [2.45, 2.75) is 19.3 Å². The van der Waals surface area contributed by atoms with Crippen LogP contribution in [0.4, 0.5) is 5.69 Å². The zero-order valence-corrected chi connectivity index (χ0v) is 14.9. The van der Waals surface area contributed by atoms with Crippen molar-refractivity contribution in [1.29, 1.82) is 0 Å². The summed E-state index contributed by atoms with van der Waals surface area (Å²) in [5.41, 5.74) is 2.92. The van der Waals surface area contributed by atoms with Gasteiger partial charge in [-0.3, -0.25) is 4.79 Å². The molecule has 0 unspecified atom stereocenters. The fraction of sp³-hybridized carbons (Fsp3) is 0.350. The van der Waals surface area contributed by atoms with E-state index in [4.69, 9.17) is 14.2 Å². The first kappa shape index (κ1) is 17.1. The molecule has 1 aliphatic heterocycles. The van der Waals surface area contributed by atoms with Crippen molar-refractivity contribution in [2.75, 3.05) is 32.8 Å². The molecule has 0 aromatic heterocycles. The number of benzene rings is 2. The van der Waals surface area contributed by atoms with Gasteiger partial charge in [0, 0.05) is 24.2 Å². The second-order valence-corrected chi connectivity index (χ2v) is 6.00. The molecule has 5 nitrogen and oxygen atoms in total. The number of nitrogens with zero attached hydrogens (tertiary/aromatic N) is 1. The average Bonchev–Trinajstić information content (AvgIpc) is 2.67. The number of ether oxygens (including phenoxy) is 3. The Hall–Kier alpha value is -2.69. The van der Waals surface area contributed by atoms with E-state index in [-0.39, 0.29) is 5.91 Å². The molecule has 1 heterocycles. The third-order valence-electron chi connectivity index (χ3n) is 4.53. The number of fused-ring (bicyclic) bond motifs is 1. The Morgan fingerprint density at radius 2 is 1.72 bits per heavy atom. The lowest BCUT2D eigenvalue weighted by Crippen LogP contribution is -2.36. The molecular weight excluding hydrogens is 318 g/mol. The molecule has 0 fully saturated rings. The molecule has 3 rings (SSSR count). The van der Waals surface area contributed by atoms with E-state index in [1.54, 1.807) is 21.3 Å². The van der Waals surface area contributed by atoms with Crippen LogP contribution in [-0.2, 0) is 17.6 Å². The van der Waals surface area contributed by atoms with Gasteiger partial charge < -0.3 is 19.1 Å². The summed E-state index contributed by atoms with van der Waals surface area (Å²) >= 11 is 0. The van der Waals surface area contributed by atoms with E-state index in [9.17, 15) is 4.79 Å². The van der Waals surface area contributed by atoms with E-state index in [0.29, 0.717) is 18.7 Å². The van der Waals surface area contributed by atoms with Crippen LogP contribution in [0, 0.1) is 0 Å². The third kappa shape index (κ3) is 3.55. The molecule has 5 heteroatoms. The van der Waals surface area contributed by atoms with Crippen LogP contribution in [0.25, 0.3) is 0 Å². The maximum Gasteiger partial charge on any atom is 0.231 e. The second-order valence-electron chi connectivity index (χ2n) is 6.00. The van der Waals surface area contributed by atoms with Gasteiger partial charge in [-0.25, -0.2) is 0 Å². The summed E-state index contributed by atoms with van der Waals surface area (Å²) in [6.07, 6.45) is 2.17. The zero-order chi connectivity index (χ0) is 17.8. The standard InChI is InChI=1S/C20H23NO4/c1-23-15-8-6-14(7-9-15)11-20(22)21-10-4-5-17-18(21)12-16(24-2)13-19(17)25-3/h6-9,12-13H,4-5,10-11H2,1-3H3. The zero-order valence-electron chi connectivity index (χ0n) is 14.9. The predicted octanol–water partition coefficient (Wildman–Crippen LogP) is 3.23. The number of methoxy groups -OCH3 is 3. The first-order chi connectivity index (χ1) is 12.2. The van der Waals surface area contributed by atoms with Gasteiger partial charge in [0.2, 0.25) is 5.91 Å². The van der Waals surface area contributed by atoms with E-state index < -0.39 is 0 Å². The minimum absolute atomic E-state index is 0.0708. The summed E-state index contributed by atoms with van der Waals surface area (Å²) in [7, 11) is 4.90. The molecule has 0 bridgehead atoms. The predicted molar refractivity (Wildman–Crippen MR) is 96.9 cm³/mol. The van der Waals surface area contributed by atoms with Crippen molar-refractivity contribution in [3.63, 3.8) is 0 Å². The van der Waals surface area contributed by atoms with Gasteiger partial charge in [-0.1, -0.05) is 12.1 Å². The smallest absolute Gasteiger partial charge is 0.231 e. The number of amides is 1. The SMILES string of the molecule is COc1ccc(CC(=O)N2CCCc3c(OC)cc(OC)cc32)cc1. The van der Waals surface area contributed by atoms with Crippen LogP contribution in [-0.4, -0.2) is 33.8 Å². The lowest BCUT2D eigenvalue weighted by atomic mass is 9.99. The van der Waals surface area contributed by atoms with Crippen molar-refractivity contribution >= 4 is 11.6 Å². The highest BCUT2D eigenvalue weighted by atomic mass is 16.5. The Labute approximate surface area is 148 Å². The van der Waals surface area contributed by atoms with Gasteiger partial charge in [-0.15, -0.1) is 0 Å². The Kier molecular flexibility index (Phi) is 5.12.